The third kappa shape index (κ3) is 6.31. The maximum absolute atomic E-state index is 14.2. The van der Waals surface area contributed by atoms with Crippen LogP contribution in [0, 0.1) is 6.92 Å². The highest BCUT2D eigenvalue weighted by molar-refractivity contribution is 6.13. The Kier molecular flexibility index (Phi) is 9.01. The summed E-state index contributed by atoms with van der Waals surface area (Å²) in [5.74, 6) is -0.303. The number of likely N-dealkylation sites (N-methyl/N-ethyl adjacent to an activating group) is 1. The number of amides is 2. The minimum Gasteiger partial charge on any atom is -0.467 e. The van der Waals surface area contributed by atoms with Crippen molar-refractivity contribution in [3.8, 4) is 11.3 Å². The zero-order valence-electron chi connectivity index (χ0n) is 27.1. The van der Waals surface area contributed by atoms with E-state index < -0.39 is 17.9 Å². The number of rotatable bonds is 8. The van der Waals surface area contributed by atoms with Crippen LogP contribution in [0.25, 0.3) is 22.2 Å². The first-order chi connectivity index (χ1) is 22.8. The summed E-state index contributed by atoms with van der Waals surface area (Å²) in [5.41, 5.74) is 5.79. The van der Waals surface area contributed by atoms with Crippen molar-refractivity contribution in [1.29, 1.82) is 0 Å². The van der Waals surface area contributed by atoms with Gasteiger partial charge in [-0.1, -0.05) is 72.3 Å². The number of carbonyl (C=O) groups is 3. The molecular weight excluding hydrogens is 592 g/mol. The topological polar surface area (TPSA) is 101 Å². The molecule has 1 saturated heterocycles. The number of piperazine rings is 1. The highest BCUT2D eigenvalue weighted by Crippen LogP contribution is 2.35. The van der Waals surface area contributed by atoms with Gasteiger partial charge in [0, 0.05) is 57.6 Å². The molecule has 0 spiro atoms. The average Bonchev–Trinajstić information content (AvgIpc) is 3.41. The van der Waals surface area contributed by atoms with Crippen molar-refractivity contribution in [3.63, 3.8) is 0 Å². The molecule has 0 aliphatic carbocycles. The Bertz CT molecular complexity index is 1900. The SMILES string of the molecule is COC(=O)[C@H](Cc1ccccc1)N(C)C(=O)c1cnc(N2CCN(C(=O)c3c(-c4ccccc4)n(C)c4ccc(C)cc34)CC2)cn1. The molecule has 0 unspecified atom stereocenters. The van der Waals surface area contributed by atoms with Gasteiger partial charge in [-0.05, 0) is 30.2 Å². The molecule has 3 aromatic carbocycles. The molecule has 47 heavy (non-hydrogen) atoms. The molecule has 2 amide bonds. The fourth-order valence-electron chi connectivity index (χ4n) is 6.27. The molecule has 1 atom stereocenters. The van der Waals surface area contributed by atoms with E-state index in [1.165, 1.54) is 18.2 Å². The lowest BCUT2D eigenvalue weighted by Gasteiger charge is -2.35. The Labute approximate surface area is 274 Å². The van der Waals surface area contributed by atoms with E-state index in [-0.39, 0.29) is 11.6 Å². The normalized spacial score (nSPS) is 13.8. The van der Waals surface area contributed by atoms with Crippen LogP contribution in [0.4, 0.5) is 5.82 Å². The van der Waals surface area contributed by atoms with E-state index in [9.17, 15) is 14.4 Å². The summed E-state index contributed by atoms with van der Waals surface area (Å²) in [6, 6.07) is 25.0. The zero-order valence-corrected chi connectivity index (χ0v) is 27.1. The summed E-state index contributed by atoms with van der Waals surface area (Å²) in [5, 5.41) is 0.952. The quantitative estimate of drug-likeness (QED) is 0.228. The van der Waals surface area contributed by atoms with Crippen molar-refractivity contribution in [1.82, 2.24) is 24.3 Å². The fraction of sp³-hybridized carbons (Fsp3) is 0.270. The number of ether oxygens (including phenoxy) is 1. The van der Waals surface area contributed by atoms with Gasteiger partial charge < -0.3 is 24.0 Å². The van der Waals surface area contributed by atoms with Crippen LogP contribution in [0.15, 0.2) is 91.3 Å². The molecule has 0 N–H and O–H groups in total. The monoisotopic (exact) mass is 630 g/mol. The van der Waals surface area contributed by atoms with Gasteiger partial charge in [0.25, 0.3) is 11.8 Å². The van der Waals surface area contributed by atoms with Gasteiger partial charge in [0.15, 0.2) is 0 Å². The molecule has 2 aromatic heterocycles. The van der Waals surface area contributed by atoms with Gasteiger partial charge >= 0.3 is 5.97 Å². The largest absolute Gasteiger partial charge is 0.467 e. The second-order valence-corrected chi connectivity index (χ2v) is 11.9. The highest BCUT2D eigenvalue weighted by atomic mass is 16.5. The van der Waals surface area contributed by atoms with Crippen molar-refractivity contribution < 1.29 is 19.1 Å². The lowest BCUT2D eigenvalue weighted by atomic mass is 10.0. The second kappa shape index (κ2) is 13.5. The Hall–Kier alpha value is -5.51. The maximum Gasteiger partial charge on any atom is 0.328 e. The number of esters is 1. The summed E-state index contributed by atoms with van der Waals surface area (Å²) >= 11 is 0. The molecule has 1 fully saturated rings. The van der Waals surface area contributed by atoms with Gasteiger partial charge in [0.05, 0.1) is 30.8 Å². The maximum atomic E-state index is 14.2. The molecule has 240 valence electrons. The third-order valence-electron chi connectivity index (χ3n) is 8.90. The molecule has 10 nitrogen and oxygen atoms in total. The van der Waals surface area contributed by atoms with Gasteiger partial charge in [0.1, 0.15) is 17.6 Å². The van der Waals surface area contributed by atoms with Crippen molar-refractivity contribution in [2.75, 3.05) is 45.2 Å². The number of nitrogens with zero attached hydrogens (tertiary/aromatic N) is 6. The van der Waals surface area contributed by atoms with Crippen LogP contribution in [0.2, 0.25) is 0 Å². The molecule has 1 aliphatic heterocycles. The Morgan fingerprint density at radius 2 is 1.57 bits per heavy atom. The molecule has 3 heterocycles. The van der Waals surface area contributed by atoms with Gasteiger partial charge in [0.2, 0.25) is 0 Å². The summed E-state index contributed by atoms with van der Waals surface area (Å²) in [6.07, 6.45) is 3.33. The summed E-state index contributed by atoms with van der Waals surface area (Å²) in [6.45, 7) is 4.21. The van der Waals surface area contributed by atoms with E-state index in [0.29, 0.717) is 38.4 Å². The van der Waals surface area contributed by atoms with Crippen molar-refractivity contribution in [3.05, 3.63) is 114 Å². The van der Waals surface area contributed by atoms with E-state index in [2.05, 4.69) is 37.6 Å². The molecule has 5 aromatic rings. The lowest BCUT2D eigenvalue weighted by molar-refractivity contribution is -0.145. The van der Waals surface area contributed by atoms with Gasteiger partial charge in [-0.25, -0.2) is 14.8 Å². The first kappa shape index (κ1) is 31.5. The van der Waals surface area contributed by atoms with Gasteiger partial charge in [-0.15, -0.1) is 0 Å². The molecule has 0 saturated carbocycles. The molecular formula is C37H38N6O4. The number of hydrogen-bond donors (Lipinski definition) is 0. The lowest BCUT2D eigenvalue weighted by Crippen LogP contribution is -2.49. The van der Waals surface area contributed by atoms with E-state index in [1.54, 1.807) is 13.2 Å². The number of hydrogen-bond acceptors (Lipinski definition) is 7. The molecule has 6 rings (SSSR count). The number of aryl methyl sites for hydroxylation is 2. The van der Waals surface area contributed by atoms with Crippen molar-refractivity contribution in [2.24, 2.45) is 7.05 Å². The van der Waals surface area contributed by atoms with Crippen LogP contribution in [0.1, 0.15) is 32.0 Å². The van der Waals surface area contributed by atoms with Crippen LogP contribution in [-0.2, 0) is 23.0 Å². The number of benzene rings is 3. The first-order valence-electron chi connectivity index (χ1n) is 15.7. The van der Waals surface area contributed by atoms with E-state index in [0.717, 1.165) is 38.9 Å². The van der Waals surface area contributed by atoms with Gasteiger partial charge in [-0.3, -0.25) is 9.59 Å². The van der Waals surface area contributed by atoms with Crippen LogP contribution in [-0.4, -0.2) is 88.5 Å². The van der Waals surface area contributed by atoms with Crippen LogP contribution < -0.4 is 4.90 Å². The smallest absolute Gasteiger partial charge is 0.328 e. The summed E-state index contributed by atoms with van der Waals surface area (Å²) in [7, 11) is 4.89. The number of aromatic nitrogens is 3. The van der Waals surface area contributed by atoms with E-state index in [4.69, 9.17) is 4.74 Å². The molecule has 0 bridgehead atoms. The Morgan fingerprint density at radius 1 is 0.894 bits per heavy atom. The number of anilines is 1. The average molecular weight is 631 g/mol. The van der Waals surface area contributed by atoms with Crippen molar-refractivity contribution in [2.45, 2.75) is 19.4 Å². The highest BCUT2D eigenvalue weighted by Gasteiger charge is 2.31. The minimum absolute atomic E-state index is 0.00503. The third-order valence-corrected chi connectivity index (χ3v) is 8.90. The summed E-state index contributed by atoms with van der Waals surface area (Å²) in [4.78, 5) is 54.4. The Morgan fingerprint density at radius 3 is 2.21 bits per heavy atom. The zero-order chi connectivity index (χ0) is 33.1. The standard InChI is InChI=1S/C37H38N6O4/c1-25-15-16-30-28(21-25)33(34(40(30)2)27-13-9-6-10-14-27)36(45)43-19-17-42(18-20-43)32-24-38-29(23-39-32)35(44)41(3)31(37(46)47-4)22-26-11-7-5-8-12-26/h5-16,21,23-24,31H,17-20,22H2,1-4H3/t31-/m0/s1. The van der Waals surface area contributed by atoms with Crippen LogP contribution in [0.3, 0.4) is 0 Å². The van der Waals surface area contributed by atoms with E-state index in [1.807, 2.05) is 79.5 Å². The van der Waals surface area contributed by atoms with Crippen LogP contribution >= 0.6 is 0 Å². The number of methoxy groups -OCH3 is 1. The predicted molar refractivity (Wildman–Crippen MR) is 181 cm³/mol. The minimum atomic E-state index is -0.810. The number of carbonyl (C=O) groups excluding carboxylic acids is 3. The number of fused-ring (bicyclic) bond motifs is 1. The predicted octanol–water partition coefficient (Wildman–Crippen LogP) is 4.76. The van der Waals surface area contributed by atoms with E-state index >= 15 is 0 Å². The first-order valence-corrected chi connectivity index (χ1v) is 15.7. The van der Waals surface area contributed by atoms with Gasteiger partial charge in [-0.2, -0.15) is 0 Å². The fourth-order valence-corrected chi connectivity index (χ4v) is 6.27. The molecule has 0 radical (unpaired) electrons. The second-order valence-electron chi connectivity index (χ2n) is 11.9. The summed E-state index contributed by atoms with van der Waals surface area (Å²) < 4.78 is 7.11. The molecule has 10 heteroatoms. The molecule has 1 aliphatic rings. The van der Waals surface area contributed by atoms with Crippen molar-refractivity contribution >= 4 is 34.5 Å². The van der Waals surface area contributed by atoms with Crippen LogP contribution in [0.5, 0.6) is 0 Å². The Balaban J connectivity index is 1.16.